The molecular weight excluding hydrogens is 232 g/mol. The summed E-state index contributed by atoms with van der Waals surface area (Å²) in [4.78, 5) is 2.40. The first-order valence-electron chi connectivity index (χ1n) is 7.09. The Bertz CT molecular complexity index is 516. The van der Waals surface area contributed by atoms with Crippen LogP contribution in [0.1, 0.15) is 18.9 Å². The van der Waals surface area contributed by atoms with Gasteiger partial charge in [0.2, 0.25) is 0 Å². The van der Waals surface area contributed by atoms with Gasteiger partial charge in [-0.2, -0.15) is 0 Å². The Hall–Kier alpha value is -1.38. The third-order valence-electron chi connectivity index (χ3n) is 3.95. The maximum atomic E-state index is 5.62. The number of nitrogens with zero attached hydrogens (tertiary/aromatic N) is 1. The lowest BCUT2D eigenvalue weighted by molar-refractivity contribution is 0.252. The maximum absolute atomic E-state index is 5.62. The molecule has 0 spiro atoms. The summed E-state index contributed by atoms with van der Waals surface area (Å²) in [6.07, 6.45) is 2.15. The van der Waals surface area contributed by atoms with Crippen LogP contribution in [-0.4, -0.2) is 31.1 Å². The zero-order valence-corrected chi connectivity index (χ0v) is 12.0. The van der Waals surface area contributed by atoms with Gasteiger partial charge in [0.15, 0.2) is 0 Å². The minimum absolute atomic E-state index is 0.556. The van der Waals surface area contributed by atoms with Crippen LogP contribution in [0.3, 0.4) is 0 Å². The highest BCUT2D eigenvalue weighted by atomic mass is 15.1. The van der Waals surface area contributed by atoms with Crippen molar-refractivity contribution in [2.75, 3.05) is 20.1 Å². The van der Waals surface area contributed by atoms with Crippen molar-refractivity contribution in [3.8, 4) is 0 Å². The summed E-state index contributed by atoms with van der Waals surface area (Å²) >= 11 is 0. The Labute approximate surface area is 116 Å². The molecule has 2 heteroatoms. The molecular formula is C17H24N2. The van der Waals surface area contributed by atoms with Gasteiger partial charge in [0, 0.05) is 12.6 Å². The summed E-state index contributed by atoms with van der Waals surface area (Å²) in [5.74, 6) is 0. The predicted molar refractivity (Wildman–Crippen MR) is 83.4 cm³/mol. The molecule has 2 nitrogen and oxygen atoms in total. The Balaban J connectivity index is 2.05. The summed E-state index contributed by atoms with van der Waals surface area (Å²) in [6, 6.07) is 15.7. The number of hydrogen-bond donors (Lipinski definition) is 1. The van der Waals surface area contributed by atoms with Gasteiger partial charge < -0.3 is 10.6 Å². The third-order valence-corrected chi connectivity index (χ3v) is 3.95. The number of hydrogen-bond acceptors (Lipinski definition) is 2. The van der Waals surface area contributed by atoms with Gasteiger partial charge in [-0.25, -0.2) is 0 Å². The molecule has 2 rings (SSSR count). The number of likely N-dealkylation sites (N-methyl/N-ethyl adjacent to an activating group) is 1. The molecule has 2 N–H and O–H groups in total. The van der Waals surface area contributed by atoms with E-state index < -0.39 is 0 Å². The molecule has 0 fully saturated rings. The van der Waals surface area contributed by atoms with Crippen LogP contribution in [0, 0.1) is 0 Å². The van der Waals surface area contributed by atoms with Gasteiger partial charge in [-0.3, -0.25) is 0 Å². The van der Waals surface area contributed by atoms with Crippen LogP contribution in [0.5, 0.6) is 0 Å². The SMILES string of the molecule is CC(CCN)N(C)CCc1cccc2ccccc12. The second kappa shape index (κ2) is 6.69. The lowest BCUT2D eigenvalue weighted by Gasteiger charge is -2.24. The average molecular weight is 256 g/mol. The lowest BCUT2D eigenvalue weighted by Crippen LogP contribution is -2.32. The Morgan fingerprint density at radius 3 is 2.63 bits per heavy atom. The minimum atomic E-state index is 0.556. The second-order valence-corrected chi connectivity index (χ2v) is 5.30. The van der Waals surface area contributed by atoms with Gasteiger partial charge in [-0.05, 0) is 49.7 Å². The second-order valence-electron chi connectivity index (χ2n) is 5.30. The average Bonchev–Trinajstić information content (AvgIpc) is 2.45. The molecule has 0 aromatic heterocycles. The van der Waals surface area contributed by atoms with Gasteiger partial charge in [-0.1, -0.05) is 42.5 Å². The van der Waals surface area contributed by atoms with E-state index in [0.717, 1.165) is 25.9 Å². The number of rotatable bonds is 6. The first-order chi connectivity index (χ1) is 9.22. The zero-order chi connectivity index (χ0) is 13.7. The van der Waals surface area contributed by atoms with E-state index in [1.54, 1.807) is 0 Å². The first kappa shape index (κ1) is 14.0. The fourth-order valence-corrected chi connectivity index (χ4v) is 2.49. The van der Waals surface area contributed by atoms with Crippen molar-refractivity contribution in [3.05, 3.63) is 48.0 Å². The van der Waals surface area contributed by atoms with E-state index in [1.165, 1.54) is 16.3 Å². The maximum Gasteiger partial charge on any atom is 0.00760 e. The van der Waals surface area contributed by atoms with Crippen molar-refractivity contribution >= 4 is 10.8 Å². The molecule has 0 saturated carbocycles. The Morgan fingerprint density at radius 2 is 1.84 bits per heavy atom. The smallest absolute Gasteiger partial charge is 0.00760 e. The molecule has 0 aliphatic carbocycles. The highest BCUT2D eigenvalue weighted by Crippen LogP contribution is 2.19. The Kier molecular flexibility index (Phi) is 4.94. The van der Waals surface area contributed by atoms with E-state index in [2.05, 4.69) is 61.3 Å². The van der Waals surface area contributed by atoms with Crippen LogP contribution in [-0.2, 0) is 6.42 Å². The molecule has 19 heavy (non-hydrogen) atoms. The molecule has 1 unspecified atom stereocenters. The molecule has 0 aliphatic heterocycles. The van der Waals surface area contributed by atoms with E-state index in [1.807, 2.05) is 0 Å². The highest BCUT2D eigenvalue weighted by Gasteiger charge is 2.08. The van der Waals surface area contributed by atoms with Crippen LogP contribution in [0.25, 0.3) is 10.8 Å². The summed E-state index contributed by atoms with van der Waals surface area (Å²) in [6.45, 7) is 4.09. The Morgan fingerprint density at radius 1 is 1.11 bits per heavy atom. The topological polar surface area (TPSA) is 29.3 Å². The number of fused-ring (bicyclic) bond motifs is 1. The molecule has 0 saturated heterocycles. The van der Waals surface area contributed by atoms with Crippen molar-refractivity contribution in [2.24, 2.45) is 5.73 Å². The molecule has 0 heterocycles. The van der Waals surface area contributed by atoms with Crippen LogP contribution in [0.4, 0.5) is 0 Å². The minimum Gasteiger partial charge on any atom is -0.330 e. The molecule has 102 valence electrons. The van der Waals surface area contributed by atoms with Crippen molar-refractivity contribution in [1.82, 2.24) is 4.90 Å². The summed E-state index contributed by atoms with van der Waals surface area (Å²) < 4.78 is 0. The van der Waals surface area contributed by atoms with Crippen LogP contribution >= 0.6 is 0 Å². The summed E-state index contributed by atoms with van der Waals surface area (Å²) in [5.41, 5.74) is 7.06. The van der Waals surface area contributed by atoms with Gasteiger partial charge in [0.1, 0.15) is 0 Å². The van der Waals surface area contributed by atoms with E-state index >= 15 is 0 Å². The first-order valence-corrected chi connectivity index (χ1v) is 7.09. The predicted octanol–water partition coefficient (Wildman–Crippen LogP) is 3.05. The molecule has 2 aromatic rings. The quantitative estimate of drug-likeness (QED) is 0.860. The van der Waals surface area contributed by atoms with Gasteiger partial charge in [0.25, 0.3) is 0 Å². The largest absolute Gasteiger partial charge is 0.330 e. The van der Waals surface area contributed by atoms with Crippen molar-refractivity contribution in [3.63, 3.8) is 0 Å². The fraction of sp³-hybridized carbons (Fsp3) is 0.412. The normalized spacial score (nSPS) is 13.1. The molecule has 0 amide bonds. The molecule has 1 atom stereocenters. The van der Waals surface area contributed by atoms with Crippen molar-refractivity contribution in [1.29, 1.82) is 0 Å². The van der Waals surface area contributed by atoms with E-state index in [0.29, 0.717) is 6.04 Å². The lowest BCUT2D eigenvalue weighted by atomic mass is 10.0. The van der Waals surface area contributed by atoms with Gasteiger partial charge >= 0.3 is 0 Å². The fourth-order valence-electron chi connectivity index (χ4n) is 2.49. The standard InChI is InChI=1S/C17H24N2/c1-14(10-12-18)19(2)13-11-16-8-5-7-15-6-3-4-9-17(15)16/h3-9,14H,10-13,18H2,1-2H3. The number of benzene rings is 2. The van der Waals surface area contributed by atoms with E-state index in [4.69, 9.17) is 5.73 Å². The van der Waals surface area contributed by atoms with Gasteiger partial charge in [0.05, 0.1) is 0 Å². The summed E-state index contributed by atoms with van der Waals surface area (Å²) in [5, 5.41) is 2.71. The van der Waals surface area contributed by atoms with E-state index in [9.17, 15) is 0 Å². The monoisotopic (exact) mass is 256 g/mol. The molecule has 0 bridgehead atoms. The highest BCUT2D eigenvalue weighted by molar-refractivity contribution is 5.85. The molecule has 0 aliphatic rings. The van der Waals surface area contributed by atoms with Crippen LogP contribution in [0.2, 0.25) is 0 Å². The third kappa shape index (κ3) is 3.55. The van der Waals surface area contributed by atoms with Gasteiger partial charge in [-0.15, -0.1) is 0 Å². The number of nitrogens with two attached hydrogens (primary N) is 1. The van der Waals surface area contributed by atoms with Crippen LogP contribution in [0.15, 0.2) is 42.5 Å². The molecule has 0 radical (unpaired) electrons. The molecule has 2 aromatic carbocycles. The van der Waals surface area contributed by atoms with Crippen LogP contribution < -0.4 is 5.73 Å². The zero-order valence-electron chi connectivity index (χ0n) is 12.0. The summed E-state index contributed by atoms with van der Waals surface area (Å²) in [7, 11) is 2.19. The van der Waals surface area contributed by atoms with E-state index in [-0.39, 0.29) is 0 Å². The van der Waals surface area contributed by atoms with Crippen molar-refractivity contribution in [2.45, 2.75) is 25.8 Å². The van der Waals surface area contributed by atoms with Crippen molar-refractivity contribution < 1.29 is 0 Å².